The number of nitrogens with one attached hydrogen (secondary N) is 1. The summed E-state index contributed by atoms with van der Waals surface area (Å²) in [4.78, 5) is 32.6. The molecule has 8 heteroatoms. The summed E-state index contributed by atoms with van der Waals surface area (Å²) in [7, 11) is 0. The van der Waals surface area contributed by atoms with Crippen LogP contribution in [0.15, 0.2) is 48.5 Å². The van der Waals surface area contributed by atoms with E-state index in [0.29, 0.717) is 16.4 Å². The number of hydrogen-bond acceptors (Lipinski definition) is 5. The van der Waals surface area contributed by atoms with E-state index in [1.165, 1.54) is 11.3 Å². The fraction of sp³-hybridized carbons (Fsp3) is 0.227. The Hall–Kier alpha value is -2.48. The number of benzene rings is 2. The number of carbonyl (C=O) groups is 2. The lowest BCUT2D eigenvalue weighted by Gasteiger charge is -2.23. The fourth-order valence-electron chi connectivity index (χ4n) is 3.85. The lowest BCUT2D eigenvalue weighted by Crippen LogP contribution is -2.39. The van der Waals surface area contributed by atoms with Gasteiger partial charge in [0.2, 0.25) is 5.91 Å². The molecule has 0 aliphatic carbocycles. The Morgan fingerprint density at radius 1 is 1.10 bits per heavy atom. The van der Waals surface area contributed by atoms with Crippen LogP contribution in [0.3, 0.4) is 0 Å². The Morgan fingerprint density at radius 2 is 1.87 bits per heavy atom. The molecule has 0 saturated carbocycles. The van der Waals surface area contributed by atoms with Gasteiger partial charge < -0.3 is 10.2 Å². The molecule has 1 atom stereocenters. The molecule has 1 saturated heterocycles. The van der Waals surface area contributed by atoms with Gasteiger partial charge in [-0.05, 0) is 31.0 Å². The number of thiophene rings is 1. The van der Waals surface area contributed by atoms with Crippen LogP contribution in [-0.2, 0) is 4.79 Å². The first-order valence-corrected chi connectivity index (χ1v) is 11.7. The van der Waals surface area contributed by atoms with E-state index in [1.54, 1.807) is 11.3 Å². The number of fused-ring (bicyclic) bond motifs is 2. The highest BCUT2D eigenvalue weighted by Gasteiger charge is 2.32. The second-order valence-corrected chi connectivity index (χ2v) is 9.68. The van der Waals surface area contributed by atoms with Gasteiger partial charge in [0.25, 0.3) is 5.91 Å². The number of carbonyl (C=O) groups excluding carboxylic acids is 2. The van der Waals surface area contributed by atoms with E-state index in [2.05, 4.69) is 5.32 Å². The molecule has 152 valence electrons. The number of likely N-dealkylation sites (tertiary alicyclic amines) is 1. The number of thiazole rings is 1. The monoisotopic (exact) mass is 455 g/mol. The lowest BCUT2D eigenvalue weighted by atomic mass is 10.2. The van der Waals surface area contributed by atoms with Crippen LogP contribution in [0.2, 0.25) is 5.02 Å². The predicted octanol–water partition coefficient (Wildman–Crippen LogP) is 5.26. The third kappa shape index (κ3) is 3.47. The molecule has 0 radical (unpaired) electrons. The molecule has 0 bridgehead atoms. The summed E-state index contributed by atoms with van der Waals surface area (Å²) in [5, 5.41) is 5.01. The number of amides is 2. The van der Waals surface area contributed by atoms with Crippen molar-refractivity contribution in [1.29, 1.82) is 0 Å². The molecule has 3 heterocycles. The maximum atomic E-state index is 12.9. The normalized spacial score (nSPS) is 16.4. The molecule has 0 spiro atoms. The Balaban J connectivity index is 1.29. The summed E-state index contributed by atoms with van der Waals surface area (Å²) < 4.78 is 2.08. The second-order valence-electron chi connectivity index (χ2n) is 7.19. The smallest absolute Gasteiger partial charge is 0.263 e. The van der Waals surface area contributed by atoms with Gasteiger partial charge >= 0.3 is 0 Å². The summed E-state index contributed by atoms with van der Waals surface area (Å²) in [6.45, 7) is 0.629. The maximum absolute atomic E-state index is 12.9. The van der Waals surface area contributed by atoms with Gasteiger partial charge in [-0.2, -0.15) is 0 Å². The van der Waals surface area contributed by atoms with Gasteiger partial charge in [-0.25, -0.2) is 4.98 Å². The molecule has 1 fully saturated rings. The third-order valence-electron chi connectivity index (χ3n) is 5.31. The van der Waals surface area contributed by atoms with Crippen LogP contribution < -0.4 is 5.32 Å². The molecular weight excluding hydrogens is 438 g/mol. The molecule has 1 unspecified atom stereocenters. The average molecular weight is 456 g/mol. The van der Waals surface area contributed by atoms with Crippen LogP contribution in [0.1, 0.15) is 33.6 Å². The van der Waals surface area contributed by atoms with Gasteiger partial charge in [0.05, 0.1) is 27.8 Å². The van der Waals surface area contributed by atoms with Crippen LogP contribution >= 0.6 is 34.3 Å². The summed E-state index contributed by atoms with van der Waals surface area (Å²) in [6, 6.07) is 15.6. The zero-order chi connectivity index (χ0) is 20.7. The molecular formula is C22H18ClN3O2S2. The van der Waals surface area contributed by atoms with Crippen LogP contribution in [0, 0.1) is 0 Å². The zero-order valence-electron chi connectivity index (χ0n) is 15.9. The summed E-state index contributed by atoms with van der Waals surface area (Å²) in [5.41, 5.74) is 0.963. The number of nitrogens with zero attached hydrogens (tertiary/aromatic N) is 2. The van der Waals surface area contributed by atoms with Crippen molar-refractivity contribution < 1.29 is 9.59 Å². The zero-order valence-corrected chi connectivity index (χ0v) is 18.3. The number of halogens is 1. The summed E-state index contributed by atoms with van der Waals surface area (Å²) >= 11 is 9.36. The molecule has 4 aromatic rings. The van der Waals surface area contributed by atoms with Crippen molar-refractivity contribution in [2.75, 3.05) is 13.1 Å². The number of rotatable bonds is 4. The summed E-state index contributed by atoms with van der Waals surface area (Å²) in [5.74, 6) is -0.410. The molecule has 1 aliphatic heterocycles. The first-order chi connectivity index (χ1) is 14.6. The fourth-order valence-corrected chi connectivity index (χ4v) is 6.40. The Labute approximate surface area is 186 Å². The summed E-state index contributed by atoms with van der Waals surface area (Å²) in [6.07, 6.45) is 1.82. The van der Waals surface area contributed by atoms with E-state index >= 15 is 0 Å². The topological polar surface area (TPSA) is 62.3 Å². The number of aromatic nitrogens is 1. The van der Waals surface area contributed by atoms with Gasteiger partial charge in [-0.1, -0.05) is 41.9 Å². The van der Waals surface area contributed by atoms with Crippen LogP contribution in [0.5, 0.6) is 0 Å². The number of hydrogen-bond donors (Lipinski definition) is 1. The van der Waals surface area contributed by atoms with Crippen molar-refractivity contribution in [2.24, 2.45) is 0 Å². The van der Waals surface area contributed by atoms with E-state index in [-0.39, 0.29) is 24.4 Å². The van der Waals surface area contributed by atoms with Gasteiger partial charge in [-0.15, -0.1) is 22.7 Å². The van der Waals surface area contributed by atoms with Gasteiger partial charge in [-0.3, -0.25) is 9.59 Å². The van der Waals surface area contributed by atoms with Crippen molar-refractivity contribution in [3.63, 3.8) is 0 Å². The SMILES string of the molecule is O=C(NCC(=O)N1CCCC1c1nc2ccccc2s1)c1sc2ccccc2c1Cl. The first-order valence-electron chi connectivity index (χ1n) is 9.72. The molecule has 1 aliphatic rings. The average Bonchev–Trinajstić information content (AvgIpc) is 3.48. The number of para-hydroxylation sites is 1. The molecule has 5 rings (SSSR count). The first kappa shape index (κ1) is 19.5. The van der Waals surface area contributed by atoms with Gasteiger partial charge in [0.15, 0.2) is 0 Å². The van der Waals surface area contributed by atoms with Crippen molar-refractivity contribution in [3.8, 4) is 0 Å². The van der Waals surface area contributed by atoms with Crippen molar-refractivity contribution >= 4 is 66.4 Å². The Bertz CT molecular complexity index is 1230. The van der Waals surface area contributed by atoms with E-state index in [1.807, 2.05) is 53.4 Å². The van der Waals surface area contributed by atoms with Gasteiger partial charge in [0.1, 0.15) is 9.88 Å². The van der Waals surface area contributed by atoms with Crippen LogP contribution in [-0.4, -0.2) is 34.8 Å². The standard InChI is InChI=1S/C22H18ClN3O2S2/c23-19-13-6-1-3-9-16(13)29-20(19)21(28)24-12-18(27)26-11-5-8-15(26)22-25-14-7-2-4-10-17(14)30-22/h1-4,6-7,9-10,15H,5,8,11-12H2,(H,24,28). The Kier molecular flexibility index (Phi) is 5.18. The largest absolute Gasteiger partial charge is 0.342 e. The molecule has 1 N–H and O–H groups in total. The second kappa shape index (κ2) is 7.98. The molecule has 5 nitrogen and oxygen atoms in total. The van der Waals surface area contributed by atoms with Crippen molar-refractivity contribution in [1.82, 2.24) is 15.2 Å². The van der Waals surface area contributed by atoms with Crippen LogP contribution in [0.25, 0.3) is 20.3 Å². The lowest BCUT2D eigenvalue weighted by molar-refractivity contribution is -0.131. The van der Waals surface area contributed by atoms with E-state index in [4.69, 9.17) is 16.6 Å². The maximum Gasteiger partial charge on any atom is 0.263 e. The van der Waals surface area contributed by atoms with E-state index < -0.39 is 0 Å². The van der Waals surface area contributed by atoms with Crippen molar-refractivity contribution in [3.05, 3.63) is 63.4 Å². The van der Waals surface area contributed by atoms with E-state index in [0.717, 1.165) is 38.2 Å². The minimum atomic E-state index is -0.315. The predicted molar refractivity (Wildman–Crippen MR) is 122 cm³/mol. The Morgan fingerprint density at radius 3 is 2.67 bits per heavy atom. The highest BCUT2D eigenvalue weighted by molar-refractivity contribution is 7.21. The molecule has 2 aromatic heterocycles. The molecule has 2 aromatic carbocycles. The minimum absolute atomic E-state index is 0.0280. The quantitative estimate of drug-likeness (QED) is 0.456. The van der Waals surface area contributed by atoms with Crippen molar-refractivity contribution in [2.45, 2.75) is 18.9 Å². The van der Waals surface area contributed by atoms with E-state index in [9.17, 15) is 9.59 Å². The van der Waals surface area contributed by atoms with Gasteiger partial charge in [0, 0.05) is 16.6 Å². The molecule has 2 amide bonds. The third-order valence-corrected chi connectivity index (χ3v) is 8.12. The highest BCUT2D eigenvalue weighted by Crippen LogP contribution is 2.37. The minimum Gasteiger partial charge on any atom is -0.342 e. The molecule has 30 heavy (non-hydrogen) atoms. The highest BCUT2D eigenvalue weighted by atomic mass is 35.5. The van der Waals surface area contributed by atoms with Crippen LogP contribution in [0.4, 0.5) is 0 Å².